The average Bonchev–Trinajstić information content (AvgIpc) is 2.56. The second-order valence-corrected chi connectivity index (χ2v) is 4.27. The molecule has 0 saturated heterocycles. The van der Waals surface area contributed by atoms with Crippen molar-refractivity contribution in [3.63, 3.8) is 0 Å². The van der Waals surface area contributed by atoms with Crippen LogP contribution in [0.4, 0.5) is 0 Å². The maximum atomic E-state index is 11.9. The van der Waals surface area contributed by atoms with Crippen LogP contribution in [0.2, 0.25) is 0 Å². The normalized spacial score (nSPS) is 10.4. The summed E-state index contributed by atoms with van der Waals surface area (Å²) in [6, 6.07) is 17.7. The Bertz CT molecular complexity index is 495. The minimum atomic E-state index is -1.08. The van der Waals surface area contributed by atoms with Gasteiger partial charge in [-0.05, 0) is 12.5 Å². The van der Waals surface area contributed by atoms with Crippen LogP contribution in [-0.4, -0.2) is 36.8 Å². The number of Topliss-reactive ketones (excluding diaryl/α,β-unsaturated/α-hetero) is 1. The molecule has 0 aromatic heterocycles. The van der Waals surface area contributed by atoms with Gasteiger partial charge in [-0.25, -0.2) is 0 Å². The molecule has 2 rings (SSSR count). The lowest BCUT2D eigenvalue weighted by Crippen LogP contribution is -2.11. The van der Waals surface area contributed by atoms with Crippen LogP contribution in [0.15, 0.2) is 60.7 Å². The first-order valence-corrected chi connectivity index (χ1v) is 6.95. The third-order valence-electron chi connectivity index (χ3n) is 2.42. The van der Waals surface area contributed by atoms with Gasteiger partial charge in [0, 0.05) is 26.4 Å². The van der Waals surface area contributed by atoms with Crippen molar-refractivity contribution in [1.82, 2.24) is 0 Å². The van der Waals surface area contributed by atoms with Gasteiger partial charge in [0.15, 0.2) is 5.78 Å². The van der Waals surface area contributed by atoms with Gasteiger partial charge in [0.1, 0.15) is 6.10 Å². The fraction of sp³-hybridized carbons (Fsp3) is 0.278. The maximum absolute atomic E-state index is 11.9. The minimum Gasteiger partial charge on any atom is -0.397 e. The molecule has 0 aliphatic carbocycles. The van der Waals surface area contributed by atoms with Gasteiger partial charge in [-0.15, -0.1) is 0 Å². The van der Waals surface area contributed by atoms with E-state index >= 15 is 0 Å². The molecule has 0 bridgehead atoms. The van der Waals surface area contributed by atoms with E-state index in [1.54, 1.807) is 69.7 Å². The zero-order valence-electron chi connectivity index (χ0n) is 13.3. The number of carbonyl (C=O) groups excluding carboxylic acids is 1. The molecule has 0 aliphatic heterocycles. The first kappa shape index (κ1) is 20.0. The molecule has 0 saturated carbocycles. The number of aliphatic hydroxyl groups excluding tert-OH is 2. The summed E-state index contributed by atoms with van der Waals surface area (Å²) in [5.41, 5.74) is 1.15. The molecule has 4 nitrogen and oxygen atoms in total. The van der Waals surface area contributed by atoms with Crippen LogP contribution in [0.1, 0.15) is 28.9 Å². The number of aliphatic hydroxyl groups is 2. The van der Waals surface area contributed by atoms with Crippen molar-refractivity contribution in [3.05, 3.63) is 71.8 Å². The molecular formula is C18H24O4. The Morgan fingerprint density at radius 2 is 1.36 bits per heavy atom. The van der Waals surface area contributed by atoms with Crippen LogP contribution >= 0.6 is 0 Å². The van der Waals surface area contributed by atoms with E-state index in [2.05, 4.69) is 4.74 Å². The number of carbonyl (C=O) groups is 1. The van der Waals surface area contributed by atoms with Gasteiger partial charge in [-0.1, -0.05) is 60.7 Å². The third kappa shape index (κ3) is 7.69. The second kappa shape index (κ2) is 12.7. The summed E-state index contributed by atoms with van der Waals surface area (Å²) in [4.78, 5) is 11.9. The van der Waals surface area contributed by atoms with E-state index in [9.17, 15) is 9.90 Å². The number of hydrogen-bond acceptors (Lipinski definition) is 4. The number of rotatable bonds is 3. The summed E-state index contributed by atoms with van der Waals surface area (Å²) >= 11 is 0. The molecule has 2 N–H and O–H groups in total. The Kier molecular flexibility index (Phi) is 11.5. The minimum absolute atomic E-state index is 0.250. The second-order valence-electron chi connectivity index (χ2n) is 4.27. The Morgan fingerprint density at radius 1 is 1.00 bits per heavy atom. The van der Waals surface area contributed by atoms with E-state index in [1.807, 2.05) is 12.1 Å². The van der Waals surface area contributed by atoms with Gasteiger partial charge in [0.25, 0.3) is 0 Å². The van der Waals surface area contributed by atoms with Gasteiger partial charge in [-0.3, -0.25) is 4.79 Å². The van der Waals surface area contributed by atoms with Gasteiger partial charge in [0.05, 0.1) is 0 Å². The number of benzene rings is 2. The quantitative estimate of drug-likeness (QED) is 0.856. The van der Waals surface area contributed by atoms with Crippen LogP contribution in [-0.2, 0) is 4.74 Å². The SMILES string of the molecule is CCO.COC.O=C(c1ccccc1)C(O)c1ccccc1. The van der Waals surface area contributed by atoms with Gasteiger partial charge in [0.2, 0.25) is 0 Å². The Labute approximate surface area is 132 Å². The standard InChI is InChI=1S/C14H12O2.2C2H6O/c15-13(11-7-3-1-4-8-11)14(16)12-9-5-2-6-10-12;1-3-2;1-2-3/h1-10,13,15H;1-2H3;3H,2H2,1H3. The van der Waals surface area contributed by atoms with Gasteiger partial charge >= 0.3 is 0 Å². The van der Waals surface area contributed by atoms with Crippen LogP contribution in [0.3, 0.4) is 0 Å². The molecule has 0 radical (unpaired) electrons. The molecule has 22 heavy (non-hydrogen) atoms. The molecule has 0 aliphatic rings. The lowest BCUT2D eigenvalue weighted by Gasteiger charge is -2.09. The number of methoxy groups -OCH3 is 1. The summed E-state index contributed by atoms with van der Waals surface area (Å²) in [6.45, 7) is 1.93. The molecule has 2 aromatic rings. The molecule has 0 spiro atoms. The smallest absolute Gasteiger partial charge is 0.195 e. The van der Waals surface area contributed by atoms with Gasteiger partial charge < -0.3 is 14.9 Å². The Balaban J connectivity index is 0.000000639. The van der Waals surface area contributed by atoms with Crippen molar-refractivity contribution in [1.29, 1.82) is 0 Å². The predicted molar refractivity (Wildman–Crippen MR) is 87.9 cm³/mol. The summed E-state index contributed by atoms with van der Waals surface area (Å²) in [5.74, 6) is -0.271. The lowest BCUT2D eigenvalue weighted by molar-refractivity contribution is 0.0747. The van der Waals surface area contributed by atoms with Crippen molar-refractivity contribution >= 4 is 5.78 Å². The van der Waals surface area contributed by atoms with E-state index < -0.39 is 6.10 Å². The highest BCUT2D eigenvalue weighted by Crippen LogP contribution is 2.17. The molecule has 120 valence electrons. The third-order valence-corrected chi connectivity index (χ3v) is 2.42. The van der Waals surface area contributed by atoms with Gasteiger partial charge in [-0.2, -0.15) is 0 Å². The zero-order chi connectivity index (χ0) is 16.8. The van der Waals surface area contributed by atoms with Crippen LogP contribution in [0.25, 0.3) is 0 Å². The monoisotopic (exact) mass is 304 g/mol. The van der Waals surface area contributed by atoms with E-state index in [-0.39, 0.29) is 12.4 Å². The zero-order valence-corrected chi connectivity index (χ0v) is 13.3. The van der Waals surface area contributed by atoms with Crippen molar-refractivity contribution in [2.75, 3.05) is 20.8 Å². The predicted octanol–water partition coefficient (Wildman–Crippen LogP) is 2.86. The maximum Gasteiger partial charge on any atom is 0.195 e. The summed E-state index contributed by atoms with van der Waals surface area (Å²) in [5, 5.41) is 17.5. The number of ether oxygens (including phenoxy) is 1. The highest BCUT2D eigenvalue weighted by molar-refractivity contribution is 5.99. The van der Waals surface area contributed by atoms with E-state index in [0.29, 0.717) is 11.1 Å². The highest BCUT2D eigenvalue weighted by Gasteiger charge is 2.18. The largest absolute Gasteiger partial charge is 0.397 e. The van der Waals surface area contributed by atoms with Crippen molar-refractivity contribution < 1.29 is 19.7 Å². The lowest BCUT2D eigenvalue weighted by atomic mass is 10.0. The molecule has 1 unspecified atom stereocenters. The molecule has 0 heterocycles. The van der Waals surface area contributed by atoms with E-state index in [1.165, 1.54) is 0 Å². The molecule has 4 heteroatoms. The number of ketones is 1. The van der Waals surface area contributed by atoms with Crippen LogP contribution < -0.4 is 0 Å². The van der Waals surface area contributed by atoms with E-state index in [4.69, 9.17) is 5.11 Å². The van der Waals surface area contributed by atoms with Crippen LogP contribution in [0, 0.1) is 0 Å². The van der Waals surface area contributed by atoms with Crippen molar-refractivity contribution in [2.45, 2.75) is 13.0 Å². The fourth-order valence-corrected chi connectivity index (χ4v) is 1.55. The first-order valence-electron chi connectivity index (χ1n) is 6.95. The summed E-state index contributed by atoms with van der Waals surface area (Å²) in [7, 11) is 3.25. The summed E-state index contributed by atoms with van der Waals surface area (Å²) < 4.78 is 4.25. The van der Waals surface area contributed by atoms with E-state index in [0.717, 1.165) is 0 Å². The highest BCUT2D eigenvalue weighted by atomic mass is 16.4. The Hall–Kier alpha value is -2.01. The molecule has 1 atom stereocenters. The van der Waals surface area contributed by atoms with Crippen molar-refractivity contribution in [3.8, 4) is 0 Å². The first-order chi connectivity index (χ1) is 10.6. The van der Waals surface area contributed by atoms with Crippen molar-refractivity contribution in [2.24, 2.45) is 0 Å². The van der Waals surface area contributed by atoms with Crippen LogP contribution in [0.5, 0.6) is 0 Å². The topological polar surface area (TPSA) is 66.8 Å². The molecule has 2 aromatic carbocycles. The molecule has 0 fully saturated rings. The Morgan fingerprint density at radius 3 is 1.77 bits per heavy atom. The summed E-state index contributed by atoms with van der Waals surface area (Å²) in [6.07, 6.45) is -1.08. The fourth-order valence-electron chi connectivity index (χ4n) is 1.55. The molecule has 0 amide bonds. The number of hydrogen-bond donors (Lipinski definition) is 2. The average molecular weight is 304 g/mol. The molecular weight excluding hydrogens is 280 g/mol.